The third kappa shape index (κ3) is 2.57. The highest BCUT2D eigenvalue weighted by molar-refractivity contribution is 9.10. The fourth-order valence-electron chi connectivity index (χ4n) is 1.56. The van der Waals surface area contributed by atoms with Crippen molar-refractivity contribution in [3.05, 3.63) is 76.6 Å². The molecule has 0 spiro atoms. The summed E-state index contributed by atoms with van der Waals surface area (Å²) in [5.41, 5.74) is -1.38. The summed E-state index contributed by atoms with van der Waals surface area (Å²) >= 11 is 3.18. The molecule has 1 atom stereocenters. The summed E-state index contributed by atoms with van der Waals surface area (Å²) in [5, 5.41) is 0. The van der Waals surface area contributed by atoms with Crippen LogP contribution in [0, 0.1) is 0 Å². The molecule has 1 aliphatic rings. The Hall–Kier alpha value is -1.60. The maximum absolute atomic E-state index is 8.33. The van der Waals surface area contributed by atoms with Crippen LogP contribution in [0.1, 0.15) is 36.2 Å². The first kappa shape index (κ1) is 4.46. The first-order valence-corrected chi connectivity index (χ1v) is 6.14. The minimum absolute atomic E-state index is 0.181. The highest BCUT2D eigenvalue weighted by Gasteiger charge is 2.10. The minimum Gasteiger partial charge on any atom is -0.0836 e. The van der Waals surface area contributed by atoms with Crippen molar-refractivity contribution in [1.29, 1.82) is 0 Å². The summed E-state index contributed by atoms with van der Waals surface area (Å²) in [6, 6.07) is -4.99. The second-order valence-electron chi connectivity index (χ2n) is 3.56. The molecule has 1 heteroatoms. The molecule has 0 saturated heterocycles. The van der Waals surface area contributed by atoms with E-state index in [0.717, 1.165) is 6.07 Å². The monoisotopic (exact) mass is 323 g/mol. The standard InChI is InChI=1S/C18H15Br/c19-18-16(14-8-3-1-4-9-14)12-7-13-17(18)15-10-5-2-6-11-15/h1,3-5,7-13H,2,6H2/i1D,2D,3D,5D,6D2,7D,8D,9D,10D,11D,12D,13D. The second kappa shape index (κ2) is 5.58. The molecule has 0 fully saturated rings. The molecule has 0 heterocycles. The van der Waals surface area contributed by atoms with E-state index < -0.39 is 66.7 Å². The van der Waals surface area contributed by atoms with Crippen LogP contribution in [0.15, 0.2) is 71.0 Å². The van der Waals surface area contributed by atoms with Crippen molar-refractivity contribution in [2.75, 3.05) is 0 Å². The zero-order valence-corrected chi connectivity index (χ0v) is 11.1. The average Bonchev–Trinajstić information content (AvgIpc) is 2.73. The van der Waals surface area contributed by atoms with E-state index in [1.807, 2.05) is 0 Å². The normalized spacial score (nSPS) is 32.1. The van der Waals surface area contributed by atoms with Gasteiger partial charge in [0, 0.05) is 8.58 Å². The lowest BCUT2D eigenvalue weighted by Crippen LogP contribution is -1.90. The highest BCUT2D eigenvalue weighted by Crippen LogP contribution is 2.35. The van der Waals surface area contributed by atoms with Crippen LogP contribution in [-0.2, 0) is 0 Å². The fourth-order valence-corrected chi connectivity index (χ4v) is 2.15. The number of benzene rings is 2. The van der Waals surface area contributed by atoms with E-state index in [-0.39, 0.29) is 33.2 Å². The van der Waals surface area contributed by atoms with Gasteiger partial charge >= 0.3 is 0 Å². The van der Waals surface area contributed by atoms with E-state index >= 15 is 0 Å². The molecule has 0 radical (unpaired) electrons. The van der Waals surface area contributed by atoms with Gasteiger partial charge in [-0.15, -0.1) is 0 Å². The summed E-state index contributed by atoms with van der Waals surface area (Å²) in [4.78, 5) is 0. The Morgan fingerprint density at radius 2 is 1.95 bits per heavy atom. The summed E-state index contributed by atoms with van der Waals surface area (Å²) in [5.74, 6) is 0. The van der Waals surface area contributed by atoms with Gasteiger partial charge in [-0.1, -0.05) is 66.5 Å². The second-order valence-corrected chi connectivity index (χ2v) is 4.35. The third-order valence-electron chi connectivity index (χ3n) is 2.40. The Morgan fingerprint density at radius 3 is 2.89 bits per heavy atom. The van der Waals surface area contributed by atoms with Crippen molar-refractivity contribution in [2.45, 2.75) is 12.8 Å². The van der Waals surface area contributed by atoms with Crippen LogP contribution in [0.5, 0.6) is 0 Å². The zero-order chi connectivity index (χ0) is 24.4. The molecular formula is C18H15Br. The van der Waals surface area contributed by atoms with Crippen LogP contribution in [0.3, 0.4) is 0 Å². The number of hydrogen-bond acceptors (Lipinski definition) is 0. The summed E-state index contributed by atoms with van der Waals surface area (Å²) in [6.45, 7) is 0. The van der Waals surface area contributed by atoms with Crippen molar-refractivity contribution in [3.8, 4) is 11.1 Å². The van der Waals surface area contributed by atoms with Crippen molar-refractivity contribution >= 4 is 21.5 Å². The summed E-state index contributed by atoms with van der Waals surface area (Å²) in [6.07, 6.45) is -4.49. The van der Waals surface area contributed by atoms with Crippen molar-refractivity contribution < 1.29 is 17.8 Å². The van der Waals surface area contributed by atoms with Crippen LogP contribution in [0.25, 0.3) is 16.7 Å². The van der Waals surface area contributed by atoms with Crippen LogP contribution >= 0.6 is 15.9 Å². The topological polar surface area (TPSA) is 0 Å². The van der Waals surface area contributed by atoms with Gasteiger partial charge in [0.25, 0.3) is 0 Å². The van der Waals surface area contributed by atoms with Gasteiger partial charge in [-0.3, -0.25) is 0 Å². The predicted octanol–water partition coefficient (Wildman–Crippen LogP) is 5.85. The van der Waals surface area contributed by atoms with Gasteiger partial charge in [0.15, 0.2) is 0 Å². The molecule has 1 unspecified atom stereocenters. The van der Waals surface area contributed by atoms with E-state index in [1.54, 1.807) is 0 Å². The van der Waals surface area contributed by atoms with Crippen LogP contribution in [0.2, 0.25) is 0 Å². The van der Waals surface area contributed by atoms with Crippen LogP contribution < -0.4 is 0 Å². The molecule has 0 amide bonds. The lowest BCUT2D eigenvalue weighted by molar-refractivity contribution is 1.04. The van der Waals surface area contributed by atoms with Crippen LogP contribution in [0.4, 0.5) is 0 Å². The maximum Gasteiger partial charge on any atom is 0.0630 e. The van der Waals surface area contributed by atoms with E-state index in [0.29, 0.717) is 0 Å². The number of hydrogen-bond donors (Lipinski definition) is 0. The SMILES string of the molecule is [2H]C1=C([2H])C([2H])C([2H])([2H])C([2H])=C1c1c([2H])c([2H])c([2H])c(-c2c([2H])cc([2H])c([2H])c2[2H])c1Br. The Bertz CT molecular complexity index is 1230. The van der Waals surface area contributed by atoms with Gasteiger partial charge < -0.3 is 0 Å². The molecule has 0 N–H and O–H groups in total. The lowest BCUT2D eigenvalue weighted by Gasteiger charge is -2.13. The Labute approximate surface area is 140 Å². The number of allylic oxidation sites excluding steroid dienone is 4. The summed E-state index contributed by atoms with van der Waals surface area (Å²) < 4.78 is 105. The molecular weight excluding hydrogens is 296 g/mol. The van der Waals surface area contributed by atoms with Gasteiger partial charge in [0.2, 0.25) is 0 Å². The Morgan fingerprint density at radius 1 is 1.05 bits per heavy atom. The molecule has 0 saturated carbocycles. The Balaban J connectivity index is 2.52. The van der Waals surface area contributed by atoms with E-state index in [9.17, 15) is 0 Å². The van der Waals surface area contributed by atoms with Crippen LogP contribution in [-0.4, -0.2) is 0 Å². The maximum atomic E-state index is 8.33. The smallest absolute Gasteiger partial charge is 0.0630 e. The first-order chi connectivity index (χ1) is 14.7. The van der Waals surface area contributed by atoms with Gasteiger partial charge in [0.05, 0.1) is 13.7 Å². The van der Waals surface area contributed by atoms with E-state index in [1.165, 1.54) is 0 Å². The van der Waals surface area contributed by atoms with Gasteiger partial charge in [-0.25, -0.2) is 0 Å². The number of halogens is 1. The minimum atomic E-state index is -2.66. The number of rotatable bonds is 2. The molecule has 1 aliphatic carbocycles. The zero-order valence-electron chi connectivity index (χ0n) is 22.5. The molecule has 19 heavy (non-hydrogen) atoms. The fraction of sp³-hybridized carbons (Fsp3) is 0.111. The first-order valence-electron chi connectivity index (χ1n) is 11.9. The van der Waals surface area contributed by atoms with Gasteiger partial charge in [-0.2, -0.15) is 0 Å². The molecule has 2 aromatic carbocycles. The third-order valence-corrected chi connectivity index (χ3v) is 3.19. The Kier molecular flexibility index (Phi) is 1.31. The quantitative estimate of drug-likeness (QED) is 0.650. The molecule has 0 aliphatic heterocycles. The van der Waals surface area contributed by atoms with Crippen molar-refractivity contribution in [2.24, 2.45) is 0 Å². The summed E-state index contributed by atoms with van der Waals surface area (Å²) in [7, 11) is 0. The van der Waals surface area contributed by atoms with Crippen molar-refractivity contribution in [3.63, 3.8) is 0 Å². The average molecular weight is 324 g/mol. The molecule has 2 aromatic rings. The predicted molar refractivity (Wildman–Crippen MR) is 85.9 cm³/mol. The van der Waals surface area contributed by atoms with Gasteiger partial charge in [0.1, 0.15) is 0 Å². The highest BCUT2D eigenvalue weighted by atomic mass is 79.9. The van der Waals surface area contributed by atoms with Crippen molar-refractivity contribution in [1.82, 2.24) is 0 Å². The molecule has 94 valence electrons. The van der Waals surface area contributed by atoms with Gasteiger partial charge in [-0.05, 0) is 51.0 Å². The lowest BCUT2D eigenvalue weighted by atomic mass is 9.96. The molecule has 3 rings (SSSR count). The molecule has 0 bridgehead atoms. The van der Waals surface area contributed by atoms with E-state index in [2.05, 4.69) is 15.9 Å². The van der Waals surface area contributed by atoms with E-state index in [4.69, 9.17) is 17.8 Å². The molecule has 0 nitrogen and oxygen atoms in total. The molecule has 0 aromatic heterocycles. The largest absolute Gasteiger partial charge is 0.0836 e.